The van der Waals surface area contributed by atoms with Gasteiger partial charge in [0.05, 0.1) is 18.8 Å². The van der Waals surface area contributed by atoms with Crippen LogP contribution in [0.25, 0.3) is 0 Å². The fraction of sp³-hybridized carbons (Fsp3) is 0.615. The summed E-state index contributed by atoms with van der Waals surface area (Å²) < 4.78 is 5.41. The molecule has 1 rings (SSSR count). The molecule has 0 amide bonds. The third kappa shape index (κ3) is 3.60. The Morgan fingerprint density at radius 1 is 1.53 bits per heavy atom. The molecule has 4 nitrogen and oxygen atoms in total. The second-order valence-corrected chi connectivity index (χ2v) is 5.13. The standard InChI is InChI=1S/C13H21NO3/c1-5-10(11-7-6-8-17-11)14(9-12(15)16)13(2,3)4/h6-8,10H,5,9H2,1-4H3,(H,15,16). The lowest BCUT2D eigenvalue weighted by molar-refractivity contribution is -0.141. The largest absolute Gasteiger partial charge is 0.480 e. The van der Waals surface area contributed by atoms with Crippen LogP contribution in [-0.2, 0) is 4.79 Å². The van der Waals surface area contributed by atoms with Crippen molar-refractivity contribution in [2.45, 2.75) is 45.7 Å². The number of rotatable bonds is 5. The van der Waals surface area contributed by atoms with Gasteiger partial charge in [0, 0.05) is 5.54 Å². The Labute approximate surface area is 102 Å². The highest BCUT2D eigenvalue weighted by atomic mass is 16.4. The van der Waals surface area contributed by atoms with Crippen molar-refractivity contribution in [2.75, 3.05) is 6.54 Å². The maximum absolute atomic E-state index is 11.0. The van der Waals surface area contributed by atoms with Gasteiger partial charge in [0.2, 0.25) is 0 Å². The average molecular weight is 239 g/mol. The molecule has 1 heterocycles. The Hall–Kier alpha value is -1.29. The zero-order valence-electron chi connectivity index (χ0n) is 10.9. The molecule has 0 saturated heterocycles. The minimum Gasteiger partial charge on any atom is -0.480 e. The molecule has 1 aromatic heterocycles. The summed E-state index contributed by atoms with van der Waals surface area (Å²) >= 11 is 0. The Morgan fingerprint density at radius 2 is 2.18 bits per heavy atom. The van der Waals surface area contributed by atoms with Crippen LogP contribution in [0.4, 0.5) is 0 Å². The van der Waals surface area contributed by atoms with Crippen LogP contribution in [0.5, 0.6) is 0 Å². The van der Waals surface area contributed by atoms with Gasteiger partial charge in [-0.15, -0.1) is 0 Å². The van der Waals surface area contributed by atoms with Gasteiger partial charge in [0.25, 0.3) is 0 Å². The van der Waals surface area contributed by atoms with E-state index in [9.17, 15) is 4.79 Å². The molecule has 0 spiro atoms. The Kier molecular flexibility index (Phi) is 4.34. The quantitative estimate of drug-likeness (QED) is 0.858. The summed E-state index contributed by atoms with van der Waals surface area (Å²) in [5, 5.41) is 9.02. The lowest BCUT2D eigenvalue weighted by Gasteiger charge is -2.39. The van der Waals surface area contributed by atoms with Gasteiger partial charge in [-0.1, -0.05) is 6.92 Å². The molecule has 0 aliphatic rings. The number of furan rings is 1. The van der Waals surface area contributed by atoms with E-state index in [4.69, 9.17) is 9.52 Å². The number of carbonyl (C=O) groups is 1. The Bertz CT molecular complexity index is 351. The number of aliphatic carboxylic acids is 1. The molecule has 4 heteroatoms. The molecule has 1 unspecified atom stereocenters. The van der Waals surface area contributed by atoms with Crippen molar-refractivity contribution in [3.05, 3.63) is 24.2 Å². The number of hydrogen-bond acceptors (Lipinski definition) is 3. The fourth-order valence-electron chi connectivity index (χ4n) is 2.02. The summed E-state index contributed by atoms with van der Waals surface area (Å²) in [6, 6.07) is 3.73. The maximum atomic E-state index is 11.0. The summed E-state index contributed by atoms with van der Waals surface area (Å²) in [6.07, 6.45) is 2.44. The molecule has 0 aliphatic carbocycles. The van der Waals surface area contributed by atoms with Gasteiger partial charge in [-0.25, -0.2) is 0 Å². The first-order valence-corrected chi connectivity index (χ1v) is 5.88. The number of carboxylic acids is 1. The first-order valence-electron chi connectivity index (χ1n) is 5.88. The van der Waals surface area contributed by atoms with Crippen LogP contribution in [0, 0.1) is 0 Å². The molecule has 0 saturated carbocycles. The normalized spacial score (nSPS) is 13.9. The van der Waals surface area contributed by atoms with Gasteiger partial charge in [0.15, 0.2) is 0 Å². The lowest BCUT2D eigenvalue weighted by Crippen LogP contribution is -2.46. The molecular formula is C13H21NO3. The minimum atomic E-state index is -0.815. The monoisotopic (exact) mass is 239 g/mol. The Morgan fingerprint density at radius 3 is 2.53 bits per heavy atom. The number of hydrogen-bond donors (Lipinski definition) is 1. The van der Waals surface area contributed by atoms with Crippen molar-refractivity contribution in [3.8, 4) is 0 Å². The summed E-state index contributed by atoms with van der Waals surface area (Å²) in [4.78, 5) is 12.9. The van der Waals surface area contributed by atoms with E-state index in [1.54, 1.807) is 6.26 Å². The van der Waals surface area contributed by atoms with Gasteiger partial charge < -0.3 is 9.52 Å². The fourth-order valence-corrected chi connectivity index (χ4v) is 2.02. The molecule has 1 N–H and O–H groups in total. The van der Waals surface area contributed by atoms with Crippen molar-refractivity contribution >= 4 is 5.97 Å². The van der Waals surface area contributed by atoms with Crippen LogP contribution in [0.1, 0.15) is 45.9 Å². The summed E-state index contributed by atoms with van der Waals surface area (Å²) in [5.74, 6) is 0.00797. The smallest absolute Gasteiger partial charge is 0.317 e. The van der Waals surface area contributed by atoms with Crippen molar-refractivity contribution < 1.29 is 14.3 Å². The van der Waals surface area contributed by atoms with E-state index >= 15 is 0 Å². The summed E-state index contributed by atoms with van der Waals surface area (Å²) in [5.41, 5.74) is -0.216. The first kappa shape index (κ1) is 13.8. The van der Waals surface area contributed by atoms with Gasteiger partial charge in [-0.05, 0) is 39.3 Å². The highest BCUT2D eigenvalue weighted by molar-refractivity contribution is 5.69. The van der Waals surface area contributed by atoms with E-state index in [0.29, 0.717) is 0 Å². The van der Waals surface area contributed by atoms with Gasteiger partial charge in [-0.2, -0.15) is 0 Å². The molecule has 0 bridgehead atoms. The van der Waals surface area contributed by atoms with E-state index in [2.05, 4.69) is 0 Å². The topological polar surface area (TPSA) is 53.7 Å². The third-order valence-corrected chi connectivity index (χ3v) is 2.80. The van der Waals surface area contributed by atoms with Crippen LogP contribution < -0.4 is 0 Å². The highest BCUT2D eigenvalue weighted by Crippen LogP contribution is 2.30. The summed E-state index contributed by atoms with van der Waals surface area (Å²) in [7, 11) is 0. The number of carboxylic acid groups (broad SMARTS) is 1. The van der Waals surface area contributed by atoms with Crippen molar-refractivity contribution in [3.63, 3.8) is 0 Å². The average Bonchev–Trinajstić information content (AvgIpc) is 2.68. The zero-order valence-corrected chi connectivity index (χ0v) is 10.9. The molecular weight excluding hydrogens is 218 g/mol. The second kappa shape index (κ2) is 5.36. The van der Waals surface area contributed by atoms with Gasteiger partial charge in [0.1, 0.15) is 5.76 Å². The lowest BCUT2D eigenvalue weighted by atomic mass is 10.00. The second-order valence-electron chi connectivity index (χ2n) is 5.13. The van der Waals surface area contributed by atoms with E-state index in [1.165, 1.54) is 0 Å². The van der Waals surface area contributed by atoms with Crippen LogP contribution in [0.2, 0.25) is 0 Å². The van der Waals surface area contributed by atoms with E-state index < -0.39 is 5.97 Å². The van der Waals surface area contributed by atoms with Gasteiger partial charge >= 0.3 is 5.97 Å². The molecule has 17 heavy (non-hydrogen) atoms. The molecule has 0 radical (unpaired) electrons. The van der Waals surface area contributed by atoms with E-state index in [0.717, 1.165) is 12.2 Å². The van der Waals surface area contributed by atoms with Crippen molar-refractivity contribution in [1.29, 1.82) is 0 Å². The van der Waals surface area contributed by atoms with Crippen molar-refractivity contribution in [1.82, 2.24) is 4.90 Å². The molecule has 1 aromatic rings. The number of nitrogens with zero attached hydrogens (tertiary/aromatic N) is 1. The van der Waals surface area contributed by atoms with Crippen LogP contribution in [0.15, 0.2) is 22.8 Å². The maximum Gasteiger partial charge on any atom is 0.317 e. The molecule has 0 aliphatic heterocycles. The van der Waals surface area contributed by atoms with Crippen LogP contribution in [0.3, 0.4) is 0 Å². The van der Waals surface area contributed by atoms with E-state index in [-0.39, 0.29) is 18.1 Å². The molecule has 0 aromatic carbocycles. The van der Waals surface area contributed by atoms with Crippen molar-refractivity contribution in [2.24, 2.45) is 0 Å². The third-order valence-electron chi connectivity index (χ3n) is 2.80. The molecule has 0 fully saturated rings. The minimum absolute atomic E-state index is 0.00102. The van der Waals surface area contributed by atoms with Crippen LogP contribution >= 0.6 is 0 Å². The Balaban J connectivity index is 2.98. The highest BCUT2D eigenvalue weighted by Gasteiger charge is 2.31. The SMILES string of the molecule is CCC(c1ccco1)N(CC(=O)O)C(C)(C)C. The van der Waals surface area contributed by atoms with Crippen LogP contribution in [-0.4, -0.2) is 28.1 Å². The molecule has 96 valence electrons. The zero-order chi connectivity index (χ0) is 13.1. The summed E-state index contributed by atoms with van der Waals surface area (Å²) in [6.45, 7) is 8.10. The predicted octanol–water partition coefficient (Wildman–Crippen LogP) is 2.92. The predicted molar refractivity (Wildman–Crippen MR) is 65.8 cm³/mol. The first-order chi connectivity index (χ1) is 7.86. The van der Waals surface area contributed by atoms with Gasteiger partial charge in [-0.3, -0.25) is 9.69 Å². The molecule has 1 atom stereocenters. The van der Waals surface area contributed by atoms with E-state index in [1.807, 2.05) is 44.7 Å².